The quantitative estimate of drug-likeness (QED) is 0.835. The number of halogens is 1. The van der Waals surface area contributed by atoms with Crippen LogP contribution in [0.5, 0.6) is 0 Å². The smallest absolute Gasteiger partial charge is 0.127 e. The number of aromatic nitrogens is 3. The molecule has 15 heavy (non-hydrogen) atoms. The summed E-state index contributed by atoms with van der Waals surface area (Å²) in [5, 5.41) is 3.22. The molecule has 0 saturated heterocycles. The van der Waals surface area contributed by atoms with Crippen LogP contribution in [0.1, 0.15) is 5.82 Å². The molecule has 0 amide bonds. The Labute approximate surface area is 96.3 Å². The lowest BCUT2D eigenvalue weighted by Gasteiger charge is -2.03. The second-order valence-electron chi connectivity index (χ2n) is 3.06. The van der Waals surface area contributed by atoms with E-state index in [1.54, 1.807) is 6.20 Å². The zero-order valence-electron chi connectivity index (χ0n) is 8.07. The molecule has 0 unspecified atom stereocenters. The lowest BCUT2D eigenvalue weighted by Crippen LogP contribution is -2.07. The van der Waals surface area contributed by atoms with E-state index in [2.05, 4.69) is 36.2 Å². The monoisotopic (exact) mass is 266 g/mol. The summed E-state index contributed by atoms with van der Waals surface area (Å²) in [5.74, 6) is 1.86. The van der Waals surface area contributed by atoms with Gasteiger partial charge in [-0.2, -0.15) is 0 Å². The fourth-order valence-corrected chi connectivity index (χ4v) is 1.59. The molecule has 0 spiro atoms. The molecule has 0 aromatic carbocycles. The predicted octanol–water partition coefficient (Wildman–Crippen LogP) is 2.22. The van der Waals surface area contributed by atoms with Gasteiger partial charge in [-0.25, -0.2) is 9.97 Å². The molecular formula is C10H11BrN4. The van der Waals surface area contributed by atoms with Crippen molar-refractivity contribution < 1.29 is 0 Å². The highest BCUT2D eigenvalue weighted by Gasteiger charge is 1.96. The molecule has 0 fully saturated rings. The van der Waals surface area contributed by atoms with E-state index in [9.17, 15) is 0 Å². The SMILES string of the molecule is Brc1cccc(NCCc2ncc[nH]2)n1. The Morgan fingerprint density at radius 2 is 2.33 bits per heavy atom. The van der Waals surface area contributed by atoms with Gasteiger partial charge in [0.1, 0.15) is 16.2 Å². The van der Waals surface area contributed by atoms with Crippen LogP contribution in [0.2, 0.25) is 0 Å². The van der Waals surface area contributed by atoms with E-state index in [1.165, 1.54) is 0 Å². The summed E-state index contributed by atoms with van der Waals surface area (Å²) in [6, 6.07) is 5.79. The zero-order valence-corrected chi connectivity index (χ0v) is 9.66. The molecule has 0 radical (unpaired) electrons. The first-order chi connectivity index (χ1) is 7.34. The minimum atomic E-state index is 0.816. The summed E-state index contributed by atoms with van der Waals surface area (Å²) in [4.78, 5) is 11.5. The van der Waals surface area contributed by atoms with Crippen LogP contribution >= 0.6 is 15.9 Å². The molecule has 2 heterocycles. The van der Waals surface area contributed by atoms with Gasteiger partial charge in [-0.1, -0.05) is 6.07 Å². The second kappa shape index (κ2) is 4.93. The molecule has 0 atom stereocenters. The highest BCUT2D eigenvalue weighted by molar-refractivity contribution is 9.10. The van der Waals surface area contributed by atoms with Crippen LogP contribution in [0.15, 0.2) is 35.2 Å². The summed E-state index contributed by atoms with van der Waals surface area (Å²) < 4.78 is 0.838. The first-order valence-corrected chi connectivity index (χ1v) is 5.48. The Kier molecular flexibility index (Phi) is 3.34. The van der Waals surface area contributed by atoms with Crippen molar-refractivity contribution in [1.29, 1.82) is 0 Å². The van der Waals surface area contributed by atoms with Gasteiger partial charge in [0.2, 0.25) is 0 Å². The highest BCUT2D eigenvalue weighted by atomic mass is 79.9. The summed E-state index contributed by atoms with van der Waals surface area (Å²) in [7, 11) is 0. The van der Waals surface area contributed by atoms with E-state index in [4.69, 9.17) is 0 Å². The number of H-pyrrole nitrogens is 1. The Bertz CT molecular complexity index is 413. The van der Waals surface area contributed by atoms with E-state index in [-0.39, 0.29) is 0 Å². The largest absolute Gasteiger partial charge is 0.370 e. The van der Waals surface area contributed by atoms with Crippen molar-refractivity contribution in [2.24, 2.45) is 0 Å². The maximum Gasteiger partial charge on any atom is 0.127 e. The number of nitrogens with zero attached hydrogens (tertiary/aromatic N) is 2. The van der Waals surface area contributed by atoms with Crippen LogP contribution in [0.4, 0.5) is 5.82 Å². The Balaban J connectivity index is 1.83. The van der Waals surface area contributed by atoms with Crippen molar-refractivity contribution in [2.45, 2.75) is 6.42 Å². The molecule has 0 saturated carbocycles. The molecule has 2 rings (SSSR count). The number of hydrogen-bond acceptors (Lipinski definition) is 3. The van der Waals surface area contributed by atoms with Crippen molar-refractivity contribution in [3.05, 3.63) is 41.0 Å². The van der Waals surface area contributed by atoms with Gasteiger partial charge in [0.15, 0.2) is 0 Å². The first kappa shape index (κ1) is 10.2. The van der Waals surface area contributed by atoms with E-state index in [0.29, 0.717) is 0 Å². The van der Waals surface area contributed by atoms with Crippen LogP contribution < -0.4 is 5.32 Å². The van der Waals surface area contributed by atoms with E-state index in [1.807, 2.05) is 24.4 Å². The van der Waals surface area contributed by atoms with Crippen LogP contribution in [0.3, 0.4) is 0 Å². The van der Waals surface area contributed by atoms with Crippen LogP contribution in [-0.4, -0.2) is 21.5 Å². The Morgan fingerprint density at radius 3 is 3.07 bits per heavy atom. The average Bonchev–Trinajstić information content (AvgIpc) is 2.71. The van der Waals surface area contributed by atoms with E-state index in [0.717, 1.165) is 29.2 Å². The van der Waals surface area contributed by atoms with Gasteiger partial charge in [0, 0.05) is 25.4 Å². The molecule has 2 aromatic rings. The van der Waals surface area contributed by atoms with Crippen molar-refractivity contribution in [2.75, 3.05) is 11.9 Å². The number of anilines is 1. The van der Waals surface area contributed by atoms with Crippen molar-refractivity contribution in [3.63, 3.8) is 0 Å². The van der Waals surface area contributed by atoms with Crippen molar-refractivity contribution in [3.8, 4) is 0 Å². The third-order valence-electron chi connectivity index (χ3n) is 1.94. The maximum absolute atomic E-state index is 4.27. The van der Waals surface area contributed by atoms with Crippen LogP contribution in [0, 0.1) is 0 Å². The van der Waals surface area contributed by atoms with Crippen molar-refractivity contribution in [1.82, 2.24) is 15.0 Å². The highest BCUT2D eigenvalue weighted by Crippen LogP contribution is 2.09. The minimum absolute atomic E-state index is 0.816. The summed E-state index contributed by atoms with van der Waals surface area (Å²) in [6.07, 6.45) is 4.45. The fourth-order valence-electron chi connectivity index (χ4n) is 1.25. The molecule has 0 aliphatic heterocycles. The average molecular weight is 267 g/mol. The third kappa shape index (κ3) is 3.06. The van der Waals surface area contributed by atoms with Gasteiger partial charge < -0.3 is 10.3 Å². The predicted molar refractivity (Wildman–Crippen MR) is 62.7 cm³/mol. The summed E-state index contributed by atoms with van der Waals surface area (Å²) in [5.41, 5.74) is 0. The van der Waals surface area contributed by atoms with Gasteiger partial charge >= 0.3 is 0 Å². The zero-order chi connectivity index (χ0) is 10.5. The van der Waals surface area contributed by atoms with Gasteiger partial charge in [-0.3, -0.25) is 0 Å². The molecule has 4 nitrogen and oxygen atoms in total. The molecule has 78 valence electrons. The fraction of sp³-hybridized carbons (Fsp3) is 0.200. The third-order valence-corrected chi connectivity index (χ3v) is 2.38. The van der Waals surface area contributed by atoms with Gasteiger partial charge in [0.05, 0.1) is 0 Å². The second-order valence-corrected chi connectivity index (χ2v) is 3.87. The number of aromatic amines is 1. The van der Waals surface area contributed by atoms with Crippen LogP contribution in [0.25, 0.3) is 0 Å². The minimum Gasteiger partial charge on any atom is -0.370 e. The molecule has 5 heteroatoms. The topological polar surface area (TPSA) is 53.6 Å². The number of pyridine rings is 1. The number of nitrogens with one attached hydrogen (secondary N) is 2. The molecule has 0 aliphatic carbocycles. The molecule has 2 N–H and O–H groups in total. The van der Waals surface area contributed by atoms with E-state index < -0.39 is 0 Å². The number of imidazole rings is 1. The normalized spacial score (nSPS) is 10.2. The maximum atomic E-state index is 4.27. The lowest BCUT2D eigenvalue weighted by atomic mass is 10.4. The number of hydrogen-bond donors (Lipinski definition) is 2. The van der Waals surface area contributed by atoms with Crippen molar-refractivity contribution >= 4 is 21.7 Å². The first-order valence-electron chi connectivity index (χ1n) is 4.69. The van der Waals surface area contributed by atoms with Gasteiger partial charge in [-0.15, -0.1) is 0 Å². The summed E-state index contributed by atoms with van der Waals surface area (Å²) >= 11 is 3.32. The lowest BCUT2D eigenvalue weighted by molar-refractivity contribution is 0.921. The molecule has 0 aliphatic rings. The summed E-state index contributed by atoms with van der Waals surface area (Å²) in [6.45, 7) is 0.816. The van der Waals surface area contributed by atoms with Gasteiger partial charge in [-0.05, 0) is 28.1 Å². The molecular weight excluding hydrogens is 256 g/mol. The number of rotatable bonds is 4. The van der Waals surface area contributed by atoms with Gasteiger partial charge in [0.25, 0.3) is 0 Å². The standard InChI is InChI=1S/C10H11BrN4/c11-8-2-1-3-10(15-8)12-5-4-9-13-6-7-14-9/h1-3,6-7H,4-5H2,(H,12,15)(H,13,14). The Hall–Kier alpha value is -1.36. The molecule has 0 bridgehead atoms. The van der Waals surface area contributed by atoms with E-state index >= 15 is 0 Å². The van der Waals surface area contributed by atoms with Crippen LogP contribution in [-0.2, 0) is 6.42 Å². The Morgan fingerprint density at radius 1 is 1.40 bits per heavy atom. The molecule has 2 aromatic heterocycles.